The number of unbranched alkanes of at least 4 members (excludes halogenated alkanes) is 15. The summed E-state index contributed by atoms with van der Waals surface area (Å²) in [6.45, 7) is 2.48. The van der Waals surface area contributed by atoms with E-state index in [4.69, 9.17) is 28.4 Å². The molecule has 0 radical (unpaired) electrons. The lowest BCUT2D eigenvalue weighted by molar-refractivity contribution is -0.332. The highest BCUT2D eigenvalue weighted by molar-refractivity contribution is 5.70. The molecule has 7 N–H and O–H groups in total. The van der Waals surface area contributed by atoms with Gasteiger partial charge < -0.3 is 64.2 Å². The fourth-order valence-corrected chi connectivity index (χ4v) is 6.84. The molecule has 2 aliphatic heterocycles. The number of aliphatic hydroxyl groups is 7. The Balaban J connectivity index is 1.87. The lowest BCUT2D eigenvalue weighted by Crippen LogP contribution is -2.61. The van der Waals surface area contributed by atoms with Crippen LogP contribution in [0.25, 0.3) is 0 Å². The second-order valence-electron chi connectivity index (χ2n) is 15.9. The summed E-state index contributed by atoms with van der Waals surface area (Å²) in [6.07, 6.45) is 12.3. The Labute approximate surface area is 352 Å². The van der Waals surface area contributed by atoms with E-state index in [1.54, 1.807) is 0 Å². The van der Waals surface area contributed by atoms with Gasteiger partial charge in [-0.05, 0) is 57.8 Å². The maximum Gasteiger partial charge on any atom is 0.306 e. The van der Waals surface area contributed by atoms with E-state index in [0.29, 0.717) is 12.8 Å². The summed E-state index contributed by atoms with van der Waals surface area (Å²) in [7, 11) is 0. The Morgan fingerprint density at radius 3 is 1.54 bits per heavy atom. The summed E-state index contributed by atoms with van der Waals surface area (Å²) in [4.78, 5) is 25.5. The number of allylic oxidation sites excluding steroid dienone is 4. The van der Waals surface area contributed by atoms with Crippen LogP contribution in [-0.4, -0.2) is 142 Å². The molecule has 2 saturated heterocycles. The zero-order valence-electron chi connectivity index (χ0n) is 35.7. The summed E-state index contributed by atoms with van der Waals surface area (Å²) in [5, 5.41) is 71.8. The third-order valence-corrected chi connectivity index (χ3v) is 10.7. The molecule has 0 bridgehead atoms. The molecule has 0 amide bonds. The smallest absolute Gasteiger partial charge is 0.306 e. The fraction of sp³-hybridized carbons (Fsp3) is 0.864. The highest BCUT2D eigenvalue weighted by Crippen LogP contribution is 2.26. The first-order chi connectivity index (χ1) is 28.5. The van der Waals surface area contributed by atoms with Crippen LogP contribution in [-0.2, 0) is 38.0 Å². The van der Waals surface area contributed by atoms with Gasteiger partial charge in [-0.15, -0.1) is 0 Å². The lowest BCUT2D eigenvalue weighted by atomic mass is 9.98. The molecule has 15 nitrogen and oxygen atoms in total. The Bertz CT molecular complexity index is 1140. The van der Waals surface area contributed by atoms with E-state index >= 15 is 0 Å². The maximum atomic E-state index is 12.9. The zero-order valence-corrected chi connectivity index (χ0v) is 35.7. The van der Waals surface area contributed by atoms with E-state index in [1.807, 2.05) is 0 Å². The van der Waals surface area contributed by atoms with Gasteiger partial charge in [-0.25, -0.2) is 0 Å². The van der Waals surface area contributed by atoms with Crippen LogP contribution in [0.2, 0.25) is 0 Å². The van der Waals surface area contributed by atoms with E-state index < -0.39 is 92.7 Å². The third-order valence-electron chi connectivity index (χ3n) is 10.7. The average molecular weight is 847 g/mol. The molecule has 0 aromatic heterocycles. The van der Waals surface area contributed by atoms with Gasteiger partial charge in [0, 0.05) is 12.8 Å². The monoisotopic (exact) mass is 847 g/mol. The Morgan fingerprint density at radius 1 is 0.525 bits per heavy atom. The van der Waals surface area contributed by atoms with Crippen molar-refractivity contribution in [3.05, 3.63) is 24.3 Å². The first kappa shape index (κ1) is 53.1. The number of hydrogen-bond donors (Lipinski definition) is 7. The Morgan fingerprint density at radius 2 is 0.983 bits per heavy atom. The van der Waals surface area contributed by atoms with Gasteiger partial charge in [0.1, 0.15) is 55.4 Å². The topological polar surface area (TPSA) is 231 Å². The SMILES string of the molecule is CCCC/C=C/CCCCCCCC(=O)O[C@H](COC(=O)CCCCCCC/C=C/CCCCC)CO[C@@H]1O[C@H](CO[C@@H]2O[C@H](CO)[C@H](O)C(O)C2O)[C@H](O)C(O)C1O. The van der Waals surface area contributed by atoms with Crippen LogP contribution in [0.4, 0.5) is 0 Å². The summed E-state index contributed by atoms with van der Waals surface area (Å²) in [5.41, 5.74) is 0. The molecule has 0 aliphatic carbocycles. The number of rotatable bonds is 33. The normalized spacial score (nSPS) is 28.0. The van der Waals surface area contributed by atoms with E-state index in [-0.39, 0.29) is 26.1 Å². The van der Waals surface area contributed by atoms with Crippen molar-refractivity contribution in [1.82, 2.24) is 0 Å². The minimum Gasteiger partial charge on any atom is -0.462 e. The van der Waals surface area contributed by atoms with Gasteiger partial charge in [0.2, 0.25) is 0 Å². The summed E-state index contributed by atoms with van der Waals surface area (Å²) >= 11 is 0. The molecule has 59 heavy (non-hydrogen) atoms. The summed E-state index contributed by atoms with van der Waals surface area (Å²) in [5.74, 6) is -0.949. The molecule has 2 aliphatic rings. The Hall–Kier alpha value is -2.02. The van der Waals surface area contributed by atoms with E-state index in [0.717, 1.165) is 77.0 Å². The number of carbonyl (C=O) groups excluding carboxylic acids is 2. The maximum absolute atomic E-state index is 12.9. The number of hydrogen-bond acceptors (Lipinski definition) is 15. The van der Waals surface area contributed by atoms with Crippen molar-refractivity contribution in [2.45, 2.75) is 216 Å². The quantitative estimate of drug-likeness (QED) is 0.0275. The number of ether oxygens (including phenoxy) is 6. The first-order valence-corrected chi connectivity index (χ1v) is 22.4. The van der Waals surface area contributed by atoms with E-state index in [1.165, 1.54) is 32.1 Å². The summed E-state index contributed by atoms with van der Waals surface area (Å²) < 4.78 is 33.4. The summed E-state index contributed by atoms with van der Waals surface area (Å²) in [6, 6.07) is 0. The van der Waals surface area contributed by atoms with Crippen molar-refractivity contribution in [2.24, 2.45) is 0 Å². The zero-order chi connectivity index (χ0) is 43.3. The lowest BCUT2D eigenvalue weighted by Gasteiger charge is -2.42. The number of carbonyl (C=O) groups is 2. The van der Waals surface area contributed by atoms with Gasteiger partial charge in [0.25, 0.3) is 0 Å². The predicted molar refractivity (Wildman–Crippen MR) is 220 cm³/mol. The Kier molecular flexibility index (Phi) is 29.4. The molecule has 4 unspecified atom stereocenters. The van der Waals surface area contributed by atoms with Gasteiger partial charge >= 0.3 is 11.9 Å². The van der Waals surface area contributed by atoms with Crippen LogP contribution in [0.5, 0.6) is 0 Å². The first-order valence-electron chi connectivity index (χ1n) is 22.4. The molecule has 2 rings (SSSR count). The minimum absolute atomic E-state index is 0.154. The van der Waals surface area contributed by atoms with Gasteiger partial charge in [0.05, 0.1) is 19.8 Å². The molecule has 15 heteroatoms. The van der Waals surface area contributed by atoms with Crippen LogP contribution < -0.4 is 0 Å². The highest BCUT2D eigenvalue weighted by Gasteiger charge is 2.47. The van der Waals surface area contributed by atoms with Gasteiger partial charge in [-0.3, -0.25) is 9.59 Å². The highest BCUT2D eigenvalue weighted by atomic mass is 16.7. The van der Waals surface area contributed by atoms with E-state index in [9.17, 15) is 45.3 Å². The van der Waals surface area contributed by atoms with Crippen molar-refractivity contribution >= 4 is 11.9 Å². The van der Waals surface area contributed by atoms with Crippen LogP contribution >= 0.6 is 0 Å². The largest absolute Gasteiger partial charge is 0.462 e. The molecule has 2 fully saturated rings. The molecule has 0 aromatic carbocycles. The third kappa shape index (κ3) is 22.1. The number of esters is 2. The van der Waals surface area contributed by atoms with Crippen LogP contribution in [0.15, 0.2) is 24.3 Å². The predicted octanol–water partition coefficient (Wildman–Crippen LogP) is 4.43. The fourth-order valence-electron chi connectivity index (χ4n) is 6.84. The molecule has 0 spiro atoms. The van der Waals surface area contributed by atoms with Gasteiger partial charge in [-0.1, -0.05) is 102 Å². The number of aliphatic hydroxyl groups excluding tert-OH is 7. The molecule has 0 aromatic rings. The standard InChI is InChI=1S/C44H78O15/c1-3-5-7-9-11-13-15-17-18-20-22-24-26-35(46)54-29-32(57-36(47)27-25-23-21-19-16-14-12-10-8-6-4-2)30-55-43-42(53)40(51)38(49)34(59-43)31-56-44-41(52)39(50)37(48)33(28-45)58-44/h10-13,32-34,37-45,48-53H,3-9,14-31H2,1-2H3/b12-10+,13-11+/t32-,33-,34-,37+,38+,39?,40?,41?,42?,43-,44-/m1/s1. The van der Waals surface area contributed by atoms with Crippen molar-refractivity contribution in [3.8, 4) is 0 Å². The van der Waals surface area contributed by atoms with Gasteiger partial charge in [-0.2, -0.15) is 0 Å². The second-order valence-corrected chi connectivity index (χ2v) is 15.9. The van der Waals surface area contributed by atoms with E-state index in [2.05, 4.69) is 38.2 Å². The molecule has 2 heterocycles. The molecule has 0 saturated carbocycles. The van der Waals surface area contributed by atoms with Crippen molar-refractivity contribution in [1.29, 1.82) is 0 Å². The molecular weight excluding hydrogens is 768 g/mol. The van der Waals surface area contributed by atoms with Crippen molar-refractivity contribution in [3.63, 3.8) is 0 Å². The average Bonchev–Trinajstić information content (AvgIpc) is 3.23. The molecular formula is C44H78O15. The second kappa shape index (κ2) is 32.7. The van der Waals surface area contributed by atoms with Crippen molar-refractivity contribution < 1.29 is 73.8 Å². The van der Waals surface area contributed by atoms with Crippen molar-refractivity contribution in [2.75, 3.05) is 26.4 Å². The van der Waals surface area contributed by atoms with Gasteiger partial charge in [0.15, 0.2) is 18.7 Å². The molecule has 344 valence electrons. The van der Waals surface area contributed by atoms with Crippen LogP contribution in [0.3, 0.4) is 0 Å². The molecule has 11 atom stereocenters. The van der Waals surface area contributed by atoms with Crippen LogP contribution in [0, 0.1) is 0 Å². The van der Waals surface area contributed by atoms with Crippen LogP contribution in [0.1, 0.15) is 149 Å². The minimum atomic E-state index is -1.76.